The molecule has 82 valence electrons. The summed E-state index contributed by atoms with van der Waals surface area (Å²) in [4.78, 5) is 0. The fourth-order valence-corrected chi connectivity index (χ4v) is 1.88. The van der Waals surface area contributed by atoms with Gasteiger partial charge in [-0.2, -0.15) is 5.10 Å². The van der Waals surface area contributed by atoms with Crippen LogP contribution in [0, 0.1) is 11.3 Å². The van der Waals surface area contributed by atoms with Crippen molar-refractivity contribution in [2.75, 3.05) is 6.54 Å². The van der Waals surface area contributed by atoms with E-state index in [1.807, 2.05) is 12.4 Å². The Morgan fingerprint density at radius 1 is 1.73 bits per heavy atom. The van der Waals surface area contributed by atoms with Crippen LogP contribution in [-0.2, 0) is 6.54 Å². The number of rotatable bonds is 5. The molecule has 1 N–H and O–H groups in total. The molecule has 1 heterocycles. The Hall–Kier alpha value is -1.09. The minimum Gasteiger partial charge on any atom is -0.312 e. The van der Waals surface area contributed by atoms with Crippen molar-refractivity contribution < 1.29 is 0 Å². The van der Waals surface area contributed by atoms with E-state index < -0.39 is 0 Å². The molecule has 0 bridgehead atoms. The van der Waals surface area contributed by atoms with Crippen LogP contribution in [0.5, 0.6) is 0 Å². The zero-order valence-corrected chi connectivity index (χ0v) is 9.53. The van der Waals surface area contributed by atoms with Crippen LogP contribution in [0.2, 0.25) is 0 Å². The molecule has 1 unspecified atom stereocenters. The van der Waals surface area contributed by atoms with Crippen LogP contribution >= 0.6 is 0 Å². The fourth-order valence-electron chi connectivity index (χ4n) is 1.88. The van der Waals surface area contributed by atoms with Gasteiger partial charge in [-0.3, -0.25) is 0 Å². The molecule has 0 amide bonds. The third kappa shape index (κ3) is 2.48. The van der Waals surface area contributed by atoms with E-state index in [2.05, 4.69) is 30.8 Å². The molecule has 1 aliphatic carbocycles. The molecule has 0 radical (unpaired) electrons. The Labute approximate surface area is 91.2 Å². The molecule has 3 heteroatoms. The smallest absolute Gasteiger partial charge is 0.0538 e. The molecule has 0 aromatic carbocycles. The summed E-state index contributed by atoms with van der Waals surface area (Å²) in [6, 6.07) is 0. The van der Waals surface area contributed by atoms with Gasteiger partial charge in [-0.1, -0.05) is 20.4 Å². The van der Waals surface area contributed by atoms with Crippen molar-refractivity contribution in [3.63, 3.8) is 0 Å². The summed E-state index contributed by atoms with van der Waals surface area (Å²) >= 11 is 0. The quantitative estimate of drug-likeness (QED) is 0.798. The molecule has 0 saturated heterocycles. The van der Waals surface area contributed by atoms with Gasteiger partial charge >= 0.3 is 0 Å². The number of aromatic nitrogens is 2. The van der Waals surface area contributed by atoms with Gasteiger partial charge in [0.1, 0.15) is 0 Å². The average Bonchev–Trinajstić information content (AvgIpc) is 2.65. The zero-order chi connectivity index (χ0) is 10.9. The highest BCUT2D eigenvalue weighted by Crippen LogP contribution is 2.50. The molecule has 1 aliphatic rings. The molecule has 1 fully saturated rings. The summed E-state index contributed by atoms with van der Waals surface area (Å²) < 4.78 is 1.73. The van der Waals surface area contributed by atoms with Crippen molar-refractivity contribution in [3.8, 4) is 0 Å². The van der Waals surface area contributed by atoms with Crippen molar-refractivity contribution in [1.29, 1.82) is 0 Å². The summed E-state index contributed by atoms with van der Waals surface area (Å²) in [7, 11) is 0. The van der Waals surface area contributed by atoms with Crippen LogP contribution < -0.4 is 5.32 Å². The van der Waals surface area contributed by atoms with Crippen LogP contribution in [0.25, 0.3) is 6.20 Å². The van der Waals surface area contributed by atoms with E-state index in [9.17, 15) is 0 Å². The lowest BCUT2D eigenvalue weighted by Crippen LogP contribution is -2.17. The van der Waals surface area contributed by atoms with Gasteiger partial charge in [0.25, 0.3) is 0 Å². The number of hydrogen-bond acceptors (Lipinski definition) is 2. The third-order valence-corrected chi connectivity index (χ3v) is 3.28. The Kier molecular flexibility index (Phi) is 2.65. The predicted octanol–water partition coefficient (Wildman–Crippen LogP) is 2.12. The second kappa shape index (κ2) is 3.81. The van der Waals surface area contributed by atoms with Crippen molar-refractivity contribution in [2.24, 2.45) is 11.3 Å². The topological polar surface area (TPSA) is 29.9 Å². The van der Waals surface area contributed by atoms with Gasteiger partial charge in [-0.25, -0.2) is 4.68 Å². The molecule has 1 saturated carbocycles. The molecule has 0 aliphatic heterocycles. The third-order valence-electron chi connectivity index (χ3n) is 3.28. The molecular formula is C12H19N3. The van der Waals surface area contributed by atoms with Crippen LogP contribution in [0.4, 0.5) is 0 Å². The molecule has 2 rings (SSSR count). The standard InChI is InChI=1S/C12H19N3/c1-4-15-9-10(7-14-15)6-13-8-11-5-12(11,2)3/h4,7,9,11,13H,1,5-6,8H2,2-3H3. The summed E-state index contributed by atoms with van der Waals surface area (Å²) in [5.74, 6) is 0.854. The fraction of sp³-hybridized carbons (Fsp3) is 0.583. The van der Waals surface area contributed by atoms with E-state index in [0.717, 1.165) is 19.0 Å². The first kappa shape index (κ1) is 10.4. The summed E-state index contributed by atoms with van der Waals surface area (Å²) in [5.41, 5.74) is 1.78. The van der Waals surface area contributed by atoms with E-state index in [0.29, 0.717) is 5.41 Å². The maximum absolute atomic E-state index is 4.14. The highest BCUT2D eigenvalue weighted by atomic mass is 15.2. The number of hydrogen-bond donors (Lipinski definition) is 1. The van der Waals surface area contributed by atoms with Crippen molar-refractivity contribution in [2.45, 2.75) is 26.8 Å². The average molecular weight is 205 g/mol. The van der Waals surface area contributed by atoms with Gasteiger partial charge in [0.2, 0.25) is 0 Å². The van der Waals surface area contributed by atoms with Crippen molar-refractivity contribution in [3.05, 3.63) is 24.5 Å². The van der Waals surface area contributed by atoms with Crippen molar-refractivity contribution in [1.82, 2.24) is 15.1 Å². The molecule has 15 heavy (non-hydrogen) atoms. The lowest BCUT2D eigenvalue weighted by molar-refractivity contribution is 0.519. The molecule has 1 aromatic heterocycles. The van der Waals surface area contributed by atoms with Crippen LogP contribution in [0.1, 0.15) is 25.8 Å². The van der Waals surface area contributed by atoms with Gasteiger partial charge in [0.15, 0.2) is 0 Å². The van der Waals surface area contributed by atoms with Crippen LogP contribution in [-0.4, -0.2) is 16.3 Å². The second-order valence-corrected chi connectivity index (χ2v) is 5.03. The molecular weight excluding hydrogens is 186 g/mol. The first-order valence-corrected chi connectivity index (χ1v) is 5.48. The summed E-state index contributed by atoms with van der Waals surface area (Å²) in [6.45, 7) is 10.3. The van der Waals surface area contributed by atoms with Gasteiger partial charge in [0.05, 0.1) is 6.20 Å². The first-order chi connectivity index (χ1) is 7.12. The highest BCUT2D eigenvalue weighted by molar-refractivity contribution is 5.17. The van der Waals surface area contributed by atoms with Crippen LogP contribution in [0.15, 0.2) is 19.0 Å². The zero-order valence-electron chi connectivity index (χ0n) is 9.53. The summed E-state index contributed by atoms with van der Waals surface area (Å²) in [6.07, 6.45) is 6.93. The van der Waals surface area contributed by atoms with Crippen LogP contribution in [0.3, 0.4) is 0 Å². The molecule has 0 spiro atoms. The van der Waals surface area contributed by atoms with Gasteiger partial charge < -0.3 is 5.32 Å². The predicted molar refractivity (Wildman–Crippen MR) is 62.2 cm³/mol. The van der Waals surface area contributed by atoms with E-state index in [1.165, 1.54) is 12.0 Å². The maximum atomic E-state index is 4.14. The Morgan fingerprint density at radius 2 is 2.47 bits per heavy atom. The summed E-state index contributed by atoms with van der Waals surface area (Å²) in [5, 5.41) is 7.60. The minimum atomic E-state index is 0.568. The SMILES string of the molecule is C=Cn1cc(CNCC2CC2(C)C)cn1. The number of nitrogens with zero attached hydrogens (tertiary/aromatic N) is 2. The highest BCUT2D eigenvalue weighted by Gasteiger charge is 2.44. The van der Waals surface area contributed by atoms with Gasteiger partial charge in [-0.05, 0) is 24.3 Å². The van der Waals surface area contributed by atoms with Gasteiger partial charge in [0, 0.05) is 24.5 Å². The molecule has 3 nitrogen and oxygen atoms in total. The minimum absolute atomic E-state index is 0.568. The largest absolute Gasteiger partial charge is 0.312 e. The molecule has 1 aromatic rings. The van der Waals surface area contributed by atoms with Gasteiger partial charge in [-0.15, -0.1) is 0 Å². The van der Waals surface area contributed by atoms with E-state index in [-0.39, 0.29) is 0 Å². The van der Waals surface area contributed by atoms with E-state index in [1.54, 1.807) is 10.9 Å². The lowest BCUT2D eigenvalue weighted by atomic mass is 10.1. The van der Waals surface area contributed by atoms with E-state index in [4.69, 9.17) is 0 Å². The number of nitrogens with one attached hydrogen (secondary N) is 1. The van der Waals surface area contributed by atoms with Crippen molar-refractivity contribution >= 4 is 6.20 Å². The Balaban J connectivity index is 1.72. The van der Waals surface area contributed by atoms with E-state index >= 15 is 0 Å². The monoisotopic (exact) mass is 205 g/mol. The normalized spacial score (nSPS) is 22.7. The molecule has 1 atom stereocenters. The maximum Gasteiger partial charge on any atom is 0.0538 e. The lowest BCUT2D eigenvalue weighted by Gasteiger charge is -2.04. The first-order valence-electron chi connectivity index (χ1n) is 5.48. The Bertz CT molecular complexity index is 352. The second-order valence-electron chi connectivity index (χ2n) is 5.03. The Morgan fingerprint density at radius 3 is 3.00 bits per heavy atom.